The van der Waals surface area contributed by atoms with Gasteiger partial charge in [0.15, 0.2) is 0 Å². The third-order valence-corrected chi connectivity index (χ3v) is 6.85. The summed E-state index contributed by atoms with van der Waals surface area (Å²) >= 11 is 0. The number of nitriles is 1. The highest BCUT2D eigenvalue weighted by atomic mass is 16.5. The van der Waals surface area contributed by atoms with E-state index in [1.165, 1.54) is 6.07 Å². The number of rotatable bonds is 11. The van der Waals surface area contributed by atoms with Crippen molar-refractivity contribution >= 4 is 17.5 Å². The largest absolute Gasteiger partial charge is 0.490 e. The molecule has 0 radical (unpaired) electrons. The third kappa shape index (κ3) is 7.77. The van der Waals surface area contributed by atoms with Gasteiger partial charge in [-0.3, -0.25) is 9.59 Å². The van der Waals surface area contributed by atoms with Gasteiger partial charge in [-0.15, -0.1) is 0 Å². The molecule has 4 aromatic rings. The summed E-state index contributed by atoms with van der Waals surface area (Å²) in [6.07, 6.45) is 3.47. The van der Waals surface area contributed by atoms with E-state index in [-0.39, 0.29) is 30.0 Å². The number of nitrogens with two attached hydrogens (primary N) is 1. The van der Waals surface area contributed by atoms with E-state index in [0.717, 1.165) is 22.4 Å². The summed E-state index contributed by atoms with van der Waals surface area (Å²) in [5.74, 6) is -0.308. The first-order chi connectivity index (χ1) is 20.3. The molecule has 2 heterocycles. The number of aliphatic hydroxyl groups is 1. The number of benzene rings is 2. The quantitative estimate of drug-likeness (QED) is 0.209. The minimum atomic E-state index is -1.08. The van der Waals surface area contributed by atoms with E-state index < -0.39 is 17.7 Å². The Balaban J connectivity index is 1.54. The molecule has 0 fully saturated rings. The van der Waals surface area contributed by atoms with Crippen LogP contribution in [0.3, 0.4) is 0 Å². The van der Waals surface area contributed by atoms with Crippen LogP contribution >= 0.6 is 0 Å². The minimum absolute atomic E-state index is 0.118. The molecule has 0 aliphatic heterocycles. The molecule has 2 amide bonds. The van der Waals surface area contributed by atoms with Gasteiger partial charge in [0.1, 0.15) is 17.5 Å². The Kier molecular flexibility index (Phi) is 9.49. The molecule has 0 spiro atoms. The second kappa shape index (κ2) is 13.1. The lowest BCUT2D eigenvalue weighted by Crippen LogP contribution is -2.53. The maximum Gasteiger partial charge on any atom is 0.251 e. The Hall–Kier alpha value is -4.72. The molecule has 0 aliphatic carbocycles. The van der Waals surface area contributed by atoms with Crippen molar-refractivity contribution in [3.8, 4) is 23.1 Å². The van der Waals surface area contributed by atoms with E-state index >= 15 is 0 Å². The van der Waals surface area contributed by atoms with Gasteiger partial charge in [0.2, 0.25) is 5.91 Å². The maximum atomic E-state index is 13.3. The molecule has 2 aromatic carbocycles. The molecule has 43 heavy (non-hydrogen) atoms. The van der Waals surface area contributed by atoms with Crippen molar-refractivity contribution in [3.05, 3.63) is 89.2 Å². The highest BCUT2D eigenvalue weighted by Crippen LogP contribution is 2.25. The van der Waals surface area contributed by atoms with Gasteiger partial charge < -0.3 is 30.6 Å². The number of nitrogens with zero attached hydrogens (tertiary/aromatic N) is 3. The van der Waals surface area contributed by atoms with Crippen LogP contribution in [0.1, 0.15) is 67.8 Å². The normalized spacial score (nSPS) is 12.9. The molecule has 5 N–H and O–H groups in total. The summed E-state index contributed by atoms with van der Waals surface area (Å²) in [4.78, 5) is 30.5. The Labute approximate surface area is 251 Å². The van der Waals surface area contributed by atoms with Crippen molar-refractivity contribution in [3.63, 3.8) is 0 Å². The van der Waals surface area contributed by atoms with Gasteiger partial charge in [-0.25, -0.2) is 4.98 Å². The van der Waals surface area contributed by atoms with Gasteiger partial charge in [-0.2, -0.15) is 5.26 Å². The van der Waals surface area contributed by atoms with Crippen LogP contribution < -0.4 is 21.1 Å². The third-order valence-electron chi connectivity index (χ3n) is 6.85. The Bertz CT molecular complexity index is 1640. The lowest BCUT2D eigenvalue weighted by Gasteiger charge is -2.23. The summed E-state index contributed by atoms with van der Waals surface area (Å²) in [6, 6.07) is 17.9. The number of imidazole rings is 1. The Morgan fingerprint density at radius 3 is 2.49 bits per heavy atom. The van der Waals surface area contributed by atoms with E-state index in [1.54, 1.807) is 32.9 Å². The average molecular weight is 583 g/mol. The van der Waals surface area contributed by atoms with Crippen LogP contribution in [0.5, 0.6) is 5.75 Å². The van der Waals surface area contributed by atoms with Gasteiger partial charge >= 0.3 is 0 Å². The number of nitrogens with one attached hydrogen (secondary N) is 2. The van der Waals surface area contributed by atoms with Gasteiger partial charge in [0.05, 0.1) is 35.0 Å². The molecule has 2 atom stereocenters. The smallest absolute Gasteiger partial charge is 0.251 e. The van der Waals surface area contributed by atoms with E-state index in [1.807, 2.05) is 67.0 Å². The van der Waals surface area contributed by atoms with E-state index in [0.29, 0.717) is 23.4 Å². The number of hydrogen-bond donors (Lipinski definition) is 4. The first kappa shape index (κ1) is 31.2. The van der Waals surface area contributed by atoms with Crippen LogP contribution in [0.2, 0.25) is 0 Å². The molecule has 2 aromatic heterocycles. The fourth-order valence-electron chi connectivity index (χ4n) is 4.60. The fourth-order valence-corrected chi connectivity index (χ4v) is 4.60. The number of amides is 2. The van der Waals surface area contributed by atoms with Crippen molar-refractivity contribution in [1.29, 1.82) is 5.26 Å². The molecule has 0 saturated heterocycles. The van der Waals surface area contributed by atoms with Crippen LogP contribution in [-0.4, -0.2) is 50.5 Å². The van der Waals surface area contributed by atoms with E-state index in [9.17, 15) is 20.0 Å². The molecule has 10 nitrogen and oxygen atoms in total. The Morgan fingerprint density at radius 1 is 1.14 bits per heavy atom. The lowest BCUT2D eigenvalue weighted by molar-refractivity contribution is -0.125. The van der Waals surface area contributed by atoms with Crippen LogP contribution in [0.15, 0.2) is 67.0 Å². The number of carbonyl (C=O) groups is 2. The first-order valence-electron chi connectivity index (χ1n) is 14.2. The lowest BCUT2D eigenvalue weighted by atomic mass is 10.0. The van der Waals surface area contributed by atoms with Gasteiger partial charge in [-0.05, 0) is 70.9 Å². The number of hydrogen-bond acceptors (Lipinski definition) is 7. The van der Waals surface area contributed by atoms with Crippen LogP contribution in [-0.2, 0) is 11.2 Å². The number of pyridine rings is 1. The van der Waals surface area contributed by atoms with Gasteiger partial charge in [0, 0.05) is 35.6 Å². The Morgan fingerprint density at radius 2 is 1.86 bits per heavy atom. The molecular formula is C33H38N6O4. The summed E-state index contributed by atoms with van der Waals surface area (Å²) in [5.41, 5.74) is 9.48. The van der Waals surface area contributed by atoms with Crippen molar-refractivity contribution < 1.29 is 19.4 Å². The predicted octanol–water partition coefficient (Wildman–Crippen LogP) is 3.91. The molecular weight excluding hydrogens is 544 g/mol. The van der Waals surface area contributed by atoms with Crippen LogP contribution in [0.4, 0.5) is 0 Å². The first-order valence-corrected chi connectivity index (χ1v) is 14.2. The van der Waals surface area contributed by atoms with Gasteiger partial charge in [0.25, 0.3) is 5.91 Å². The standard InChI is InChI=1S/C33H38N6O4/c1-20(2)43-29-13-12-24(16-25(29)17-34)31(41)37-26(18-36-32(42)33(4,5)35)15-22-8-10-23(11-9-22)28-19-39-14-6-7-27(21(3)40)30(39)38-28/h6-14,16,19-21,26,40H,15,18,35H2,1-5H3,(H,36,42)(H,37,41). The number of ether oxygens (including phenoxy) is 1. The van der Waals surface area contributed by atoms with Crippen molar-refractivity contribution in [2.24, 2.45) is 5.73 Å². The van der Waals surface area contributed by atoms with Crippen molar-refractivity contribution in [2.75, 3.05) is 6.54 Å². The summed E-state index contributed by atoms with van der Waals surface area (Å²) in [7, 11) is 0. The zero-order valence-corrected chi connectivity index (χ0v) is 25.1. The minimum Gasteiger partial charge on any atom is -0.490 e. The number of carbonyl (C=O) groups excluding carboxylic acids is 2. The molecule has 224 valence electrons. The predicted molar refractivity (Wildman–Crippen MR) is 164 cm³/mol. The number of aromatic nitrogens is 2. The second-order valence-electron chi connectivity index (χ2n) is 11.5. The molecule has 0 aliphatic rings. The molecule has 10 heteroatoms. The zero-order chi connectivity index (χ0) is 31.3. The highest BCUT2D eigenvalue weighted by Gasteiger charge is 2.24. The summed E-state index contributed by atoms with van der Waals surface area (Å²) in [6.45, 7) is 8.82. The van der Waals surface area contributed by atoms with E-state index in [2.05, 4.69) is 16.7 Å². The fraction of sp³-hybridized carbons (Fsp3) is 0.333. The zero-order valence-electron chi connectivity index (χ0n) is 25.1. The summed E-state index contributed by atoms with van der Waals surface area (Å²) < 4.78 is 7.56. The van der Waals surface area contributed by atoms with Crippen LogP contribution in [0, 0.1) is 11.3 Å². The molecule has 4 rings (SSSR count). The number of fused-ring (bicyclic) bond motifs is 1. The van der Waals surface area contributed by atoms with E-state index in [4.69, 9.17) is 15.5 Å². The second-order valence-corrected chi connectivity index (χ2v) is 11.5. The molecule has 2 unspecified atom stereocenters. The highest BCUT2D eigenvalue weighted by molar-refractivity contribution is 5.95. The topological polar surface area (TPSA) is 155 Å². The monoisotopic (exact) mass is 582 g/mol. The SMILES string of the molecule is CC(C)Oc1ccc(C(=O)NC(CNC(=O)C(C)(C)N)Cc2ccc(-c3cn4cccc(C(C)O)c4n3)cc2)cc1C#N. The summed E-state index contributed by atoms with van der Waals surface area (Å²) in [5, 5.41) is 25.5. The van der Waals surface area contributed by atoms with Crippen molar-refractivity contribution in [1.82, 2.24) is 20.0 Å². The average Bonchev–Trinajstić information content (AvgIpc) is 3.40. The maximum absolute atomic E-state index is 13.3. The molecule has 0 bridgehead atoms. The number of aliphatic hydroxyl groups excluding tert-OH is 1. The van der Waals surface area contributed by atoms with Crippen LogP contribution in [0.25, 0.3) is 16.9 Å². The molecule has 0 saturated carbocycles. The van der Waals surface area contributed by atoms with Gasteiger partial charge in [-0.1, -0.05) is 30.3 Å². The van der Waals surface area contributed by atoms with Crippen molar-refractivity contribution in [2.45, 2.75) is 64.8 Å².